The minimum Gasteiger partial charge on any atom is -0.423 e. The summed E-state index contributed by atoms with van der Waals surface area (Å²) in [6.45, 7) is 6.45. The van der Waals surface area contributed by atoms with Gasteiger partial charge in [0.2, 0.25) is 5.91 Å². The molecule has 0 atom stereocenters. The highest BCUT2D eigenvalue weighted by molar-refractivity contribution is 5.92. The summed E-state index contributed by atoms with van der Waals surface area (Å²) in [6, 6.07) is 25.4. The van der Waals surface area contributed by atoms with Crippen molar-refractivity contribution in [3.63, 3.8) is 0 Å². The molecule has 0 aromatic heterocycles. The van der Waals surface area contributed by atoms with Crippen molar-refractivity contribution in [3.05, 3.63) is 102 Å². The second-order valence-corrected chi connectivity index (χ2v) is 7.26. The number of esters is 1. The van der Waals surface area contributed by atoms with Gasteiger partial charge in [-0.15, -0.1) is 0 Å². The summed E-state index contributed by atoms with van der Waals surface area (Å²) in [5.74, 6) is -0.137. The van der Waals surface area contributed by atoms with E-state index in [1.54, 1.807) is 36.4 Å². The number of primary amides is 1. The van der Waals surface area contributed by atoms with Crippen LogP contribution >= 0.6 is 0 Å². The van der Waals surface area contributed by atoms with Gasteiger partial charge in [-0.1, -0.05) is 69.3 Å². The molecule has 4 nitrogen and oxygen atoms in total. The van der Waals surface area contributed by atoms with Gasteiger partial charge in [0, 0.05) is 5.56 Å². The number of nitrogens with two attached hydrogens (primary N) is 1. The van der Waals surface area contributed by atoms with Crippen LogP contribution in [0.3, 0.4) is 0 Å². The van der Waals surface area contributed by atoms with Gasteiger partial charge in [0.1, 0.15) is 5.75 Å². The molecule has 0 aliphatic carbocycles. The molecule has 3 aromatic carbocycles. The Morgan fingerprint density at radius 2 is 1.18 bits per heavy atom. The second-order valence-electron chi connectivity index (χ2n) is 7.26. The summed E-state index contributed by atoms with van der Waals surface area (Å²) in [5, 5.41) is 0. The van der Waals surface area contributed by atoms with Crippen LogP contribution in [0, 0.1) is 0 Å². The van der Waals surface area contributed by atoms with Crippen LogP contribution in [0.15, 0.2) is 84.9 Å². The minimum atomic E-state index is -0.379. The largest absolute Gasteiger partial charge is 0.423 e. The van der Waals surface area contributed by atoms with Crippen LogP contribution in [-0.2, 0) is 5.41 Å². The molecule has 0 aliphatic rings. The topological polar surface area (TPSA) is 69.4 Å². The number of hydrogen-bond donors (Lipinski definition) is 1. The lowest BCUT2D eigenvalue weighted by Crippen LogP contribution is -2.11. The van der Waals surface area contributed by atoms with Crippen molar-refractivity contribution in [1.29, 1.82) is 0 Å². The van der Waals surface area contributed by atoms with Crippen LogP contribution < -0.4 is 10.5 Å². The molecule has 0 radical (unpaired) electrons. The standard InChI is InChI=1S/C17H18O2.C7H7NO/c1-17(2,3)14-9-11-15(12-10-14)19-16(18)13-7-5-4-6-8-13;8-7(9)6-4-2-1-3-5-6/h4-12H,1-3H3;1-5H,(H2,8,9). The summed E-state index contributed by atoms with van der Waals surface area (Å²) in [5.41, 5.74) is 7.40. The quantitative estimate of drug-likeness (QED) is 0.518. The fourth-order valence-corrected chi connectivity index (χ4v) is 2.37. The van der Waals surface area contributed by atoms with Gasteiger partial charge in [-0.05, 0) is 47.4 Å². The molecule has 0 spiro atoms. The summed E-state index contributed by atoms with van der Waals surface area (Å²) < 4.78 is 5.33. The highest BCUT2D eigenvalue weighted by Gasteiger charge is 2.14. The molecule has 1 amide bonds. The van der Waals surface area contributed by atoms with E-state index in [0.717, 1.165) is 0 Å². The molecule has 4 heteroatoms. The molecule has 3 aromatic rings. The van der Waals surface area contributed by atoms with E-state index in [1.807, 2.05) is 48.5 Å². The fourth-order valence-electron chi connectivity index (χ4n) is 2.37. The highest BCUT2D eigenvalue weighted by Crippen LogP contribution is 2.24. The number of ether oxygens (including phenoxy) is 1. The number of benzene rings is 3. The van der Waals surface area contributed by atoms with E-state index < -0.39 is 0 Å². The molecule has 2 N–H and O–H groups in total. The molecule has 0 unspecified atom stereocenters. The van der Waals surface area contributed by atoms with Crippen molar-refractivity contribution in [3.8, 4) is 5.75 Å². The average Bonchev–Trinajstić information content (AvgIpc) is 2.69. The van der Waals surface area contributed by atoms with Gasteiger partial charge in [0.05, 0.1) is 5.56 Å². The van der Waals surface area contributed by atoms with Crippen LogP contribution in [0.4, 0.5) is 0 Å². The Bertz CT molecular complexity index is 896. The minimum absolute atomic E-state index is 0.0992. The fraction of sp³-hybridized carbons (Fsp3) is 0.167. The van der Waals surface area contributed by atoms with E-state index in [0.29, 0.717) is 16.9 Å². The van der Waals surface area contributed by atoms with Gasteiger partial charge < -0.3 is 10.5 Å². The lowest BCUT2D eigenvalue weighted by Gasteiger charge is -2.18. The van der Waals surface area contributed by atoms with E-state index in [1.165, 1.54) is 5.56 Å². The summed E-state index contributed by atoms with van der Waals surface area (Å²) >= 11 is 0. The van der Waals surface area contributed by atoms with E-state index in [-0.39, 0.29) is 17.3 Å². The number of hydrogen-bond acceptors (Lipinski definition) is 3. The van der Waals surface area contributed by atoms with Gasteiger partial charge in [-0.25, -0.2) is 4.79 Å². The molecule has 0 fully saturated rings. The molecular weight excluding hydrogens is 350 g/mol. The van der Waals surface area contributed by atoms with Crippen LogP contribution in [-0.4, -0.2) is 11.9 Å². The molecular formula is C24H25NO3. The van der Waals surface area contributed by atoms with Crippen LogP contribution in [0.5, 0.6) is 5.75 Å². The SMILES string of the molecule is CC(C)(C)c1ccc(OC(=O)c2ccccc2)cc1.NC(=O)c1ccccc1. The number of carbonyl (C=O) groups excluding carboxylic acids is 2. The molecule has 144 valence electrons. The molecule has 0 saturated carbocycles. The van der Waals surface area contributed by atoms with E-state index in [2.05, 4.69) is 20.8 Å². The van der Waals surface area contributed by atoms with E-state index >= 15 is 0 Å². The first-order valence-corrected chi connectivity index (χ1v) is 9.00. The zero-order valence-electron chi connectivity index (χ0n) is 16.4. The Morgan fingerprint density at radius 1 is 0.714 bits per heavy atom. The third kappa shape index (κ3) is 6.40. The van der Waals surface area contributed by atoms with Gasteiger partial charge in [0.25, 0.3) is 0 Å². The maximum Gasteiger partial charge on any atom is 0.343 e. The van der Waals surface area contributed by atoms with E-state index in [9.17, 15) is 9.59 Å². The Morgan fingerprint density at radius 3 is 1.57 bits per heavy atom. The Balaban J connectivity index is 0.000000261. The third-order valence-corrected chi connectivity index (χ3v) is 4.00. The van der Waals surface area contributed by atoms with Crippen molar-refractivity contribution in [2.75, 3.05) is 0 Å². The molecule has 0 saturated heterocycles. The first-order chi connectivity index (χ1) is 13.3. The maximum absolute atomic E-state index is 11.9. The second kappa shape index (κ2) is 9.51. The molecule has 0 heterocycles. The third-order valence-electron chi connectivity index (χ3n) is 4.00. The lowest BCUT2D eigenvalue weighted by molar-refractivity contribution is 0.0734. The Kier molecular flexibility index (Phi) is 7.10. The van der Waals surface area contributed by atoms with Crippen molar-refractivity contribution in [2.45, 2.75) is 26.2 Å². The highest BCUT2D eigenvalue weighted by atomic mass is 16.5. The van der Waals surface area contributed by atoms with Gasteiger partial charge in [-0.3, -0.25) is 4.79 Å². The zero-order valence-corrected chi connectivity index (χ0v) is 16.4. The zero-order chi connectivity index (χ0) is 20.6. The smallest absolute Gasteiger partial charge is 0.343 e. The van der Waals surface area contributed by atoms with Crippen LogP contribution in [0.1, 0.15) is 47.1 Å². The number of carbonyl (C=O) groups is 2. The van der Waals surface area contributed by atoms with Crippen molar-refractivity contribution in [2.24, 2.45) is 5.73 Å². The summed E-state index contributed by atoms with van der Waals surface area (Å²) in [7, 11) is 0. The predicted octanol–water partition coefficient (Wildman–Crippen LogP) is 4.99. The molecule has 0 bridgehead atoms. The first kappa shape index (κ1) is 20.9. The molecule has 3 rings (SSSR count). The average molecular weight is 375 g/mol. The summed E-state index contributed by atoms with van der Waals surface area (Å²) in [6.07, 6.45) is 0. The summed E-state index contributed by atoms with van der Waals surface area (Å²) in [4.78, 5) is 22.3. The first-order valence-electron chi connectivity index (χ1n) is 9.00. The molecule has 0 aliphatic heterocycles. The Labute approximate surface area is 166 Å². The monoisotopic (exact) mass is 375 g/mol. The lowest BCUT2D eigenvalue weighted by atomic mass is 9.87. The number of rotatable bonds is 3. The van der Waals surface area contributed by atoms with Crippen LogP contribution in [0.25, 0.3) is 0 Å². The van der Waals surface area contributed by atoms with Crippen molar-refractivity contribution < 1.29 is 14.3 Å². The van der Waals surface area contributed by atoms with Gasteiger partial charge in [0.15, 0.2) is 0 Å². The van der Waals surface area contributed by atoms with Crippen LogP contribution in [0.2, 0.25) is 0 Å². The van der Waals surface area contributed by atoms with Gasteiger partial charge in [-0.2, -0.15) is 0 Å². The normalized spacial score (nSPS) is 10.4. The van der Waals surface area contributed by atoms with Crippen molar-refractivity contribution in [1.82, 2.24) is 0 Å². The predicted molar refractivity (Wildman–Crippen MR) is 112 cm³/mol. The van der Waals surface area contributed by atoms with E-state index in [4.69, 9.17) is 10.5 Å². The van der Waals surface area contributed by atoms with Crippen molar-refractivity contribution >= 4 is 11.9 Å². The Hall–Kier alpha value is -3.40. The molecule has 28 heavy (non-hydrogen) atoms. The van der Waals surface area contributed by atoms with Gasteiger partial charge >= 0.3 is 5.97 Å². The maximum atomic E-state index is 11.9. The number of amides is 1.